The van der Waals surface area contributed by atoms with Gasteiger partial charge in [-0.05, 0) is 18.8 Å². The third-order valence-corrected chi connectivity index (χ3v) is 1.51. The number of aliphatic hydroxyl groups excluding tert-OH is 1. The first kappa shape index (κ1) is 7.54. The molecule has 0 spiro atoms. The second kappa shape index (κ2) is 3.56. The van der Waals surface area contributed by atoms with Gasteiger partial charge in [0.1, 0.15) is 6.61 Å². The van der Waals surface area contributed by atoms with E-state index < -0.39 is 0 Å². The van der Waals surface area contributed by atoms with Crippen molar-refractivity contribution in [3.8, 4) is 0 Å². The summed E-state index contributed by atoms with van der Waals surface area (Å²) in [5, 5.41) is 8.29. The Morgan fingerprint density at radius 2 is 2.30 bits per heavy atom. The van der Waals surface area contributed by atoms with Crippen molar-refractivity contribution in [2.75, 3.05) is 13.2 Å². The summed E-state index contributed by atoms with van der Waals surface area (Å²) < 4.78 is 4.65. The molecule has 3 nitrogen and oxygen atoms in total. The first-order chi connectivity index (χ1) is 4.83. The molecule has 1 aliphatic rings. The molecule has 0 unspecified atom stereocenters. The van der Waals surface area contributed by atoms with Gasteiger partial charge in [-0.3, -0.25) is 4.79 Å². The average molecular weight is 144 g/mol. The van der Waals surface area contributed by atoms with Gasteiger partial charge in [0.15, 0.2) is 0 Å². The summed E-state index contributed by atoms with van der Waals surface area (Å²) in [4.78, 5) is 10.7. The van der Waals surface area contributed by atoms with E-state index >= 15 is 0 Å². The van der Waals surface area contributed by atoms with Crippen LogP contribution in [-0.4, -0.2) is 24.3 Å². The van der Waals surface area contributed by atoms with Crippen molar-refractivity contribution in [2.24, 2.45) is 5.92 Å². The lowest BCUT2D eigenvalue weighted by molar-refractivity contribution is -0.145. The van der Waals surface area contributed by atoms with Gasteiger partial charge in [-0.25, -0.2) is 0 Å². The summed E-state index contributed by atoms with van der Waals surface area (Å²) in [6.45, 7) is 0.0714. The zero-order valence-electron chi connectivity index (χ0n) is 5.88. The van der Waals surface area contributed by atoms with E-state index in [0.717, 1.165) is 12.8 Å². The third-order valence-electron chi connectivity index (χ3n) is 1.51. The Labute approximate surface area is 60.0 Å². The minimum Gasteiger partial charge on any atom is -0.463 e. The Bertz CT molecular complexity index is 118. The number of rotatable bonds is 4. The fourth-order valence-corrected chi connectivity index (χ4v) is 0.776. The molecule has 0 aromatic carbocycles. The largest absolute Gasteiger partial charge is 0.463 e. The lowest BCUT2D eigenvalue weighted by atomic mass is 10.3. The summed E-state index contributed by atoms with van der Waals surface area (Å²) in [7, 11) is 0. The number of hydrogen-bond donors (Lipinski definition) is 1. The predicted octanol–water partition coefficient (Wildman–Crippen LogP) is 0.322. The highest BCUT2D eigenvalue weighted by atomic mass is 16.5. The van der Waals surface area contributed by atoms with Crippen LogP contribution in [0.3, 0.4) is 0 Å². The smallest absolute Gasteiger partial charge is 0.306 e. The van der Waals surface area contributed by atoms with Gasteiger partial charge in [-0.2, -0.15) is 0 Å². The van der Waals surface area contributed by atoms with Crippen molar-refractivity contribution in [1.82, 2.24) is 0 Å². The fraction of sp³-hybridized carbons (Fsp3) is 0.857. The van der Waals surface area contributed by atoms with Gasteiger partial charge in [-0.15, -0.1) is 0 Å². The van der Waals surface area contributed by atoms with Gasteiger partial charge in [0, 0.05) is 6.42 Å². The average Bonchev–Trinajstić information content (AvgIpc) is 2.67. The van der Waals surface area contributed by atoms with Crippen LogP contribution in [-0.2, 0) is 9.53 Å². The summed E-state index contributed by atoms with van der Waals surface area (Å²) >= 11 is 0. The highest BCUT2D eigenvalue weighted by molar-refractivity contribution is 5.69. The number of esters is 1. The summed E-state index contributed by atoms with van der Waals surface area (Å²) in [6.07, 6.45) is 2.86. The second-order valence-electron chi connectivity index (χ2n) is 2.59. The first-order valence-electron chi connectivity index (χ1n) is 3.59. The van der Waals surface area contributed by atoms with Crippen LogP contribution >= 0.6 is 0 Å². The topological polar surface area (TPSA) is 46.5 Å². The number of hydrogen-bond acceptors (Lipinski definition) is 3. The second-order valence-corrected chi connectivity index (χ2v) is 2.59. The molecular formula is C7H12O3. The molecule has 1 N–H and O–H groups in total. The summed E-state index contributed by atoms with van der Waals surface area (Å²) in [5.41, 5.74) is 0. The number of aliphatic hydroxyl groups is 1. The van der Waals surface area contributed by atoms with Crippen LogP contribution in [0, 0.1) is 5.92 Å². The Hall–Kier alpha value is -0.570. The normalized spacial score (nSPS) is 16.9. The van der Waals surface area contributed by atoms with E-state index in [-0.39, 0.29) is 19.2 Å². The Morgan fingerprint density at radius 1 is 1.60 bits per heavy atom. The third kappa shape index (κ3) is 2.82. The first-order valence-corrected chi connectivity index (χ1v) is 3.59. The number of ether oxygens (including phenoxy) is 1. The lowest BCUT2D eigenvalue weighted by Gasteiger charge is -1.99. The molecule has 10 heavy (non-hydrogen) atoms. The van der Waals surface area contributed by atoms with E-state index in [1.165, 1.54) is 0 Å². The number of carbonyl (C=O) groups is 1. The predicted molar refractivity (Wildman–Crippen MR) is 35.4 cm³/mol. The Kier molecular flexibility index (Phi) is 2.68. The molecule has 0 aliphatic heterocycles. The van der Waals surface area contributed by atoms with Gasteiger partial charge >= 0.3 is 5.97 Å². The molecule has 0 bridgehead atoms. The van der Waals surface area contributed by atoms with Crippen LogP contribution < -0.4 is 0 Å². The van der Waals surface area contributed by atoms with E-state index in [1.807, 2.05) is 0 Å². The molecule has 0 aromatic heterocycles. The van der Waals surface area contributed by atoms with Crippen LogP contribution in [0.1, 0.15) is 19.3 Å². The van der Waals surface area contributed by atoms with Crippen LogP contribution in [0.15, 0.2) is 0 Å². The van der Waals surface area contributed by atoms with E-state index in [1.54, 1.807) is 0 Å². The van der Waals surface area contributed by atoms with Gasteiger partial charge in [-0.1, -0.05) is 0 Å². The SMILES string of the molecule is O=C(CC1CC1)OCCO. The standard InChI is InChI=1S/C7H12O3/c8-3-4-10-7(9)5-6-1-2-6/h6,8H,1-5H2. The molecule has 1 saturated carbocycles. The maximum atomic E-state index is 10.7. The molecule has 0 heterocycles. The molecule has 0 saturated heterocycles. The highest BCUT2D eigenvalue weighted by Crippen LogP contribution is 2.32. The quantitative estimate of drug-likeness (QED) is 0.578. The summed E-state index contributed by atoms with van der Waals surface area (Å²) in [5.74, 6) is 0.405. The molecule has 0 aromatic rings. The molecular weight excluding hydrogens is 132 g/mol. The fourth-order valence-electron chi connectivity index (χ4n) is 0.776. The molecule has 0 atom stereocenters. The van der Waals surface area contributed by atoms with Crippen LogP contribution in [0.4, 0.5) is 0 Å². The van der Waals surface area contributed by atoms with Crippen molar-refractivity contribution in [1.29, 1.82) is 0 Å². The molecule has 1 fully saturated rings. The summed E-state index contributed by atoms with van der Waals surface area (Å²) in [6, 6.07) is 0. The van der Waals surface area contributed by atoms with Gasteiger partial charge in [0.05, 0.1) is 6.61 Å². The van der Waals surface area contributed by atoms with Crippen molar-refractivity contribution < 1.29 is 14.6 Å². The minimum absolute atomic E-state index is 0.0730. The Balaban J connectivity index is 1.97. The van der Waals surface area contributed by atoms with E-state index in [4.69, 9.17) is 5.11 Å². The van der Waals surface area contributed by atoms with E-state index in [0.29, 0.717) is 12.3 Å². The molecule has 0 amide bonds. The molecule has 58 valence electrons. The number of carbonyl (C=O) groups excluding carboxylic acids is 1. The minimum atomic E-state index is -0.170. The van der Waals surface area contributed by atoms with Crippen LogP contribution in [0.2, 0.25) is 0 Å². The lowest BCUT2D eigenvalue weighted by Crippen LogP contribution is -2.08. The van der Waals surface area contributed by atoms with Crippen molar-refractivity contribution in [3.63, 3.8) is 0 Å². The maximum absolute atomic E-state index is 10.7. The van der Waals surface area contributed by atoms with Crippen molar-refractivity contribution in [2.45, 2.75) is 19.3 Å². The van der Waals surface area contributed by atoms with Crippen molar-refractivity contribution in [3.05, 3.63) is 0 Å². The molecule has 1 rings (SSSR count). The van der Waals surface area contributed by atoms with Gasteiger partial charge < -0.3 is 9.84 Å². The Morgan fingerprint density at radius 3 is 2.80 bits per heavy atom. The van der Waals surface area contributed by atoms with Crippen LogP contribution in [0.25, 0.3) is 0 Å². The maximum Gasteiger partial charge on any atom is 0.306 e. The molecule has 1 aliphatic carbocycles. The van der Waals surface area contributed by atoms with Crippen molar-refractivity contribution >= 4 is 5.97 Å². The van der Waals surface area contributed by atoms with Crippen LogP contribution in [0.5, 0.6) is 0 Å². The van der Waals surface area contributed by atoms with E-state index in [9.17, 15) is 4.79 Å². The monoisotopic (exact) mass is 144 g/mol. The zero-order chi connectivity index (χ0) is 7.40. The molecule has 0 radical (unpaired) electrons. The van der Waals surface area contributed by atoms with Gasteiger partial charge in [0.25, 0.3) is 0 Å². The highest BCUT2D eigenvalue weighted by Gasteiger charge is 2.24. The van der Waals surface area contributed by atoms with Gasteiger partial charge in [0.2, 0.25) is 0 Å². The molecule has 3 heteroatoms. The van der Waals surface area contributed by atoms with E-state index in [2.05, 4.69) is 4.74 Å². The zero-order valence-corrected chi connectivity index (χ0v) is 5.88.